The highest BCUT2D eigenvalue weighted by Crippen LogP contribution is 2.16. The van der Waals surface area contributed by atoms with E-state index in [-0.39, 0.29) is 5.91 Å². The molecule has 3 heteroatoms. The van der Waals surface area contributed by atoms with Crippen LogP contribution in [-0.2, 0) is 4.79 Å². The first-order valence-electron chi connectivity index (χ1n) is 7.61. The average molecular weight is 297 g/mol. The Morgan fingerprint density at radius 2 is 1.82 bits per heavy atom. The van der Waals surface area contributed by atoms with E-state index in [0.29, 0.717) is 19.4 Å². The first-order chi connectivity index (χ1) is 10.5. The van der Waals surface area contributed by atoms with Crippen LogP contribution in [0, 0.1) is 20.8 Å². The highest BCUT2D eigenvalue weighted by atomic mass is 16.5. The van der Waals surface area contributed by atoms with Crippen molar-refractivity contribution in [2.75, 3.05) is 11.9 Å². The summed E-state index contributed by atoms with van der Waals surface area (Å²) in [4.78, 5) is 11.9. The van der Waals surface area contributed by atoms with Crippen LogP contribution in [0.1, 0.15) is 29.5 Å². The summed E-state index contributed by atoms with van der Waals surface area (Å²) in [5.41, 5.74) is 4.34. The molecule has 2 rings (SSSR count). The minimum Gasteiger partial charge on any atom is -0.494 e. The summed E-state index contributed by atoms with van der Waals surface area (Å²) in [6.07, 6.45) is 1.16. The Morgan fingerprint density at radius 1 is 1.05 bits per heavy atom. The molecule has 0 saturated carbocycles. The van der Waals surface area contributed by atoms with Gasteiger partial charge in [-0.1, -0.05) is 29.8 Å². The van der Waals surface area contributed by atoms with Gasteiger partial charge in [-0.3, -0.25) is 4.79 Å². The molecule has 22 heavy (non-hydrogen) atoms. The lowest BCUT2D eigenvalue weighted by Gasteiger charge is -2.10. The Morgan fingerprint density at radius 3 is 2.55 bits per heavy atom. The van der Waals surface area contributed by atoms with Crippen LogP contribution in [0.2, 0.25) is 0 Å². The fraction of sp³-hybridized carbons (Fsp3) is 0.316. The Labute approximate surface area is 132 Å². The van der Waals surface area contributed by atoms with Gasteiger partial charge in [0.2, 0.25) is 5.91 Å². The van der Waals surface area contributed by atoms with Gasteiger partial charge in [0.15, 0.2) is 0 Å². The smallest absolute Gasteiger partial charge is 0.224 e. The third-order valence-corrected chi connectivity index (χ3v) is 3.46. The molecule has 0 atom stereocenters. The summed E-state index contributed by atoms with van der Waals surface area (Å²) in [5.74, 6) is 0.884. The number of carbonyl (C=O) groups is 1. The molecule has 0 bridgehead atoms. The largest absolute Gasteiger partial charge is 0.494 e. The molecule has 0 saturated heterocycles. The monoisotopic (exact) mass is 297 g/mol. The molecule has 0 aliphatic rings. The van der Waals surface area contributed by atoms with E-state index in [1.165, 1.54) is 11.1 Å². The fourth-order valence-electron chi connectivity index (χ4n) is 2.29. The minimum atomic E-state index is 0.0276. The minimum absolute atomic E-state index is 0.0276. The summed E-state index contributed by atoms with van der Waals surface area (Å²) >= 11 is 0. The van der Waals surface area contributed by atoms with E-state index in [9.17, 15) is 4.79 Å². The van der Waals surface area contributed by atoms with Gasteiger partial charge < -0.3 is 10.1 Å². The molecule has 0 spiro atoms. The van der Waals surface area contributed by atoms with E-state index in [2.05, 4.69) is 11.4 Å². The molecule has 0 radical (unpaired) electrons. The number of nitrogens with one attached hydrogen (secondary N) is 1. The zero-order valence-electron chi connectivity index (χ0n) is 13.5. The Balaban J connectivity index is 1.74. The third-order valence-electron chi connectivity index (χ3n) is 3.46. The van der Waals surface area contributed by atoms with E-state index < -0.39 is 0 Å². The van der Waals surface area contributed by atoms with Crippen LogP contribution in [0.5, 0.6) is 5.75 Å². The van der Waals surface area contributed by atoms with Crippen LogP contribution in [0.25, 0.3) is 0 Å². The second kappa shape index (κ2) is 7.64. The van der Waals surface area contributed by atoms with Crippen molar-refractivity contribution in [3.8, 4) is 5.75 Å². The summed E-state index contributed by atoms with van der Waals surface area (Å²) in [7, 11) is 0. The number of amides is 1. The second-order valence-corrected chi connectivity index (χ2v) is 5.64. The lowest BCUT2D eigenvalue weighted by Crippen LogP contribution is -2.13. The molecule has 116 valence electrons. The fourth-order valence-corrected chi connectivity index (χ4v) is 2.29. The molecule has 0 aliphatic carbocycles. The van der Waals surface area contributed by atoms with Gasteiger partial charge in [-0.15, -0.1) is 0 Å². The van der Waals surface area contributed by atoms with Crippen LogP contribution >= 0.6 is 0 Å². The predicted molar refractivity (Wildman–Crippen MR) is 90.5 cm³/mol. The first kappa shape index (κ1) is 16.1. The number of rotatable bonds is 6. The number of aryl methyl sites for hydroxylation is 3. The van der Waals surface area contributed by atoms with Gasteiger partial charge in [0.1, 0.15) is 5.75 Å². The third kappa shape index (κ3) is 4.92. The van der Waals surface area contributed by atoms with Gasteiger partial charge in [0.25, 0.3) is 0 Å². The van der Waals surface area contributed by atoms with Gasteiger partial charge in [-0.05, 0) is 56.5 Å². The molecule has 0 aliphatic heterocycles. The lowest BCUT2D eigenvalue weighted by atomic mass is 10.1. The summed E-state index contributed by atoms with van der Waals surface area (Å²) in [5, 5.41) is 2.95. The van der Waals surface area contributed by atoms with E-state index in [4.69, 9.17) is 4.74 Å². The topological polar surface area (TPSA) is 38.3 Å². The van der Waals surface area contributed by atoms with E-state index >= 15 is 0 Å². The molecule has 0 aromatic heterocycles. The molecule has 0 unspecified atom stereocenters. The standard InChI is InChI=1S/C19H23NO2/c1-14-6-4-7-17(13-14)22-11-5-8-19(21)20-18-10-9-15(2)12-16(18)3/h4,6-7,9-10,12-13H,5,8,11H2,1-3H3,(H,20,21). The maximum atomic E-state index is 11.9. The number of ether oxygens (including phenoxy) is 1. The maximum Gasteiger partial charge on any atom is 0.224 e. The van der Waals surface area contributed by atoms with Crippen molar-refractivity contribution in [2.24, 2.45) is 0 Å². The molecule has 1 amide bonds. The van der Waals surface area contributed by atoms with Crippen LogP contribution in [0.15, 0.2) is 42.5 Å². The lowest BCUT2D eigenvalue weighted by molar-refractivity contribution is -0.116. The van der Waals surface area contributed by atoms with E-state index in [1.807, 2.05) is 57.2 Å². The molecule has 0 fully saturated rings. The van der Waals surface area contributed by atoms with Gasteiger partial charge >= 0.3 is 0 Å². The molecular weight excluding hydrogens is 274 g/mol. The maximum absolute atomic E-state index is 11.9. The van der Waals surface area contributed by atoms with Crippen LogP contribution in [0.3, 0.4) is 0 Å². The van der Waals surface area contributed by atoms with Crippen LogP contribution < -0.4 is 10.1 Å². The molecule has 2 aromatic rings. The number of anilines is 1. The summed E-state index contributed by atoms with van der Waals surface area (Å²) in [6, 6.07) is 14.0. The predicted octanol–water partition coefficient (Wildman–Crippen LogP) is 4.41. The normalized spacial score (nSPS) is 10.3. The Hall–Kier alpha value is -2.29. The molecule has 2 aromatic carbocycles. The van der Waals surface area contributed by atoms with Gasteiger partial charge in [0, 0.05) is 12.1 Å². The van der Waals surface area contributed by atoms with Crippen molar-refractivity contribution in [3.05, 3.63) is 59.2 Å². The van der Waals surface area contributed by atoms with Crippen molar-refractivity contribution >= 4 is 11.6 Å². The number of carbonyl (C=O) groups excluding carboxylic acids is 1. The molecule has 3 nitrogen and oxygen atoms in total. The van der Waals surface area contributed by atoms with Crippen LogP contribution in [0.4, 0.5) is 5.69 Å². The number of hydrogen-bond acceptors (Lipinski definition) is 2. The number of hydrogen-bond donors (Lipinski definition) is 1. The highest BCUT2D eigenvalue weighted by Gasteiger charge is 2.05. The van der Waals surface area contributed by atoms with E-state index in [0.717, 1.165) is 17.0 Å². The van der Waals surface area contributed by atoms with Crippen molar-refractivity contribution in [3.63, 3.8) is 0 Å². The van der Waals surface area contributed by atoms with E-state index in [1.54, 1.807) is 0 Å². The van der Waals surface area contributed by atoms with Gasteiger partial charge in [-0.2, -0.15) is 0 Å². The Bertz CT molecular complexity index is 650. The summed E-state index contributed by atoms with van der Waals surface area (Å²) < 4.78 is 5.65. The Kier molecular flexibility index (Phi) is 5.59. The van der Waals surface area contributed by atoms with Gasteiger partial charge in [-0.25, -0.2) is 0 Å². The quantitative estimate of drug-likeness (QED) is 0.802. The molecular formula is C19H23NO2. The molecule has 1 N–H and O–H groups in total. The van der Waals surface area contributed by atoms with Crippen molar-refractivity contribution in [2.45, 2.75) is 33.6 Å². The van der Waals surface area contributed by atoms with Crippen LogP contribution in [-0.4, -0.2) is 12.5 Å². The second-order valence-electron chi connectivity index (χ2n) is 5.64. The molecule has 0 heterocycles. The SMILES string of the molecule is Cc1cccc(OCCCC(=O)Nc2ccc(C)cc2C)c1. The van der Waals surface area contributed by atoms with Crippen molar-refractivity contribution in [1.29, 1.82) is 0 Å². The summed E-state index contributed by atoms with van der Waals surface area (Å²) in [6.45, 7) is 6.62. The van der Waals surface area contributed by atoms with Crippen molar-refractivity contribution < 1.29 is 9.53 Å². The zero-order chi connectivity index (χ0) is 15.9. The number of benzene rings is 2. The zero-order valence-corrected chi connectivity index (χ0v) is 13.5. The van der Waals surface area contributed by atoms with Crippen molar-refractivity contribution in [1.82, 2.24) is 0 Å². The average Bonchev–Trinajstić information content (AvgIpc) is 2.47. The first-order valence-corrected chi connectivity index (χ1v) is 7.61. The highest BCUT2D eigenvalue weighted by molar-refractivity contribution is 5.91. The van der Waals surface area contributed by atoms with Gasteiger partial charge in [0.05, 0.1) is 6.61 Å².